The van der Waals surface area contributed by atoms with Gasteiger partial charge in [-0.05, 0) is 30.2 Å². The first kappa shape index (κ1) is 13.3. The van der Waals surface area contributed by atoms with Crippen LogP contribution in [0, 0.1) is 6.92 Å². The molecule has 0 saturated carbocycles. The summed E-state index contributed by atoms with van der Waals surface area (Å²) in [6, 6.07) is 2.65. The molecule has 0 heterocycles. The van der Waals surface area contributed by atoms with Crippen LogP contribution in [0.15, 0.2) is 27.6 Å². The van der Waals surface area contributed by atoms with Crippen LogP contribution in [0.1, 0.15) is 11.1 Å². The third kappa shape index (κ3) is 2.69. The normalized spacial score (nSPS) is 12.0. The molecule has 0 aliphatic rings. The average Bonchev–Trinajstić information content (AvgIpc) is 2.15. The Labute approximate surface area is 94.6 Å². The van der Waals surface area contributed by atoms with Crippen molar-refractivity contribution in [3.05, 3.63) is 39.8 Å². The third-order valence-electron chi connectivity index (χ3n) is 2.01. The molecule has 0 aliphatic heterocycles. The van der Waals surface area contributed by atoms with E-state index in [2.05, 4.69) is 9.43 Å². The Hall–Kier alpha value is -1.73. The Morgan fingerprint density at radius 3 is 2.41 bits per heavy atom. The van der Waals surface area contributed by atoms with Gasteiger partial charge in [-0.3, -0.25) is 0 Å². The number of azide groups is 1. The van der Waals surface area contributed by atoms with Gasteiger partial charge in [0.05, 0.1) is 10.5 Å². The van der Waals surface area contributed by atoms with Crippen molar-refractivity contribution >= 4 is 10.0 Å². The summed E-state index contributed by atoms with van der Waals surface area (Å²) in [5, 5.41) is 0. The fraction of sp³-hybridized carbons (Fsp3) is 0.250. The van der Waals surface area contributed by atoms with Crippen molar-refractivity contribution in [1.29, 1.82) is 0 Å². The lowest BCUT2D eigenvalue weighted by Crippen LogP contribution is -2.10. The van der Waals surface area contributed by atoms with Gasteiger partial charge in [0.1, 0.15) is 0 Å². The van der Waals surface area contributed by atoms with E-state index < -0.39 is 32.2 Å². The molecule has 1 rings (SSSR count). The van der Waals surface area contributed by atoms with Gasteiger partial charge in [0.2, 0.25) is 0 Å². The van der Waals surface area contributed by atoms with Crippen molar-refractivity contribution in [2.75, 3.05) is 0 Å². The zero-order chi connectivity index (χ0) is 13.3. The molecule has 5 nitrogen and oxygen atoms in total. The maximum Gasteiger partial charge on any atom is 0.416 e. The van der Waals surface area contributed by atoms with Crippen LogP contribution < -0.4 is 0 Å². The van der Waals surface area contributed by atoms with E-state index in [1.807, 2.05) is 0 Å². The van der Waals surface area contributed by atoms with Crippen LogP contribution in [-0.2, 0) is 16.2 Å². The maximum atomic E-state index is 12.5. The fourth-order valence-electron chi connectivity index (χ4n) is 1.29. The Morgan fingerprint density at radius 2 is 1.94 bits per heavy atom. The summed E-state index contributed by atoms with van der Waals surface area (Å²) in [4.78, 5) is 1.42. The number of benzene rings is 1. The summed E-state index contributed by atoms with van der Waals surface area (Å²) in [5.41, 5.74) is 6.47. The van der Waals surface area contributed by atoms with E-state index in [0.29, 0.717) is 0 Å². The molecular formula is C8H6F3N3O2S. The van der Waals surface area contributed by atoms with Crippen molar-refractivity contribution < 1.29 is 21.6 Å². The van der Waals surface area contributed by atoms with E-state index in [4.69, 9.17) is 5.53 Å². The van der Waals surface area contributed by atoms with Crippen LogP contribution in [-0.4, -0.2) is 8.42 Å². The maximum absolute atomic E-state index is 12.5. The lowest BCUT2D eigenvalue weighted by Gasteiger charge is -2.12. The number of sulfonamides is 1. The Bertz CT molecular complexity index is 589. The third-order valence-corrected chi connectivity index (χ3v) is 3.30. The first-order valence-electron chi connectivity index (χ1n) is 4.18. The molecule has 0 radical (unpaired) electrons. The smallest absolute Gasteiger partial charge is 0.216 e. The van der Waals surface area contributed by atoms with Gasteiger partial charge < -0.3 is 0 Å². The van der Waals surface area contributed by atoms with E-state index in [1.165, 1.54) is 0 Å². The molecule has 0 amide bonds. The van der Waals surface area contributed by atoms with E-state index in [-0.39, 0.29) is 0 Å². The molecule has 0 unspecified atom stereocenters. The van der Waals surface area contributed by atoms with Gasteiger partial charge in [0.15, 0.2) is 0 Å². The van der Waals surface area contributed by atoms with Crippen LogP contribution in [0.25, 0.3) is 10.4 Å². The number of nitrogens with zero attached hydrogens (tertiary/aromatic N) is 3. The van der Waals surface area contributed by atoms with Crippen LogP contribution in [0.4, 0.5) is 13.2 Å². The van der Waals surface area contributed by atoms with Crippen molar-refractivity contribution in [3.8, 4) is 0 Å². The summed E-state index contributed by atoms with van der Waals surface area (Å²) in [6.07, 6.45) is -4.66. The summed E-state index contributed by atoms with van der Waals surface area (Å²) < 4.78 is 62.7. The Morgan fingerprint density at radius 1 is 1.35 bits per heavy atom. The minimum Gasteiger partial charge on any atom is -0.216 e. The van der Waals surface area contributed by atoms with E-state index in [9.17, 15) is 21.6 Å². The van der Waals surface area contributed by atoms with Crippen LogP contribution in [0.3, 0.4) is 0 Å². The molecule has 17 heavy (non-hydrogen) atoms. The first-order valence-corrected chi connectivity index (χ1v) is 5.62. The van der Waals surface area contributed by atoms with E-state index >= 15 is 0 Å². The van der Waals surface area contributed by atoms with Gasteiger partial charge in [0, 0.05) is 9.43 Å². The first-order chi connectivity index (χ1) is 7.70. The fourth-order valence-corrected chi connectivity index (χ4v) is 2.22. The number of rotatable bonds is 2. The minimum absolute atomic E-state index is 0.493. The summed E-state index contributed by atoms with van der Waals surface area (Å²) >= 11 is 0. The van der Waals surface area contributed by atoms with Gasteiger partial charge >= 0.3 is 6.18 Å². The van der Waals surface area contributed by atoms with Gasteiger partial charge in [0.25, 0.3) is 10.0 Å². The quantitative estimate of drug-likeness (QED) is 0.467. The molecule has 0 spiro atoms. The van der Waals surface area contributed by atoms with Gasteiger partial charge in [-0.1, -0.05) is 6.07 Å². The second-order valence-electron chi connectivity index (χ2n) is 3.07. The van der Waals surface area contributed by atoms with Gasteiger partial charge in [-0.2, -0.15) is 13.2 Å². The summed E-state index contributed by atoms with van der Waals surface area (Å²) in [7, 11) is -4.42. The molecule has 0 aliphatic carbocycles. The topological polar surface area (TPSA) is 82.9 Å². The van der Waals surface area contributed by atoms with Crippen LogP contribution >= 0.6 is 0 Å². The molecule has 0 aromatic heterocycles. The largest absolute Gasteiger partial charge is 0.416 e. The second-order valence-corrected chi connectivity index (χ2v) is 4.63. The van der Waals surface area contributed by atoms with Crippen molar-refractivity contribution in [1.82, 2.24) is 0 Å². The summed E-state index contributed by atoms with van der Waals surface area (Å²) in [6.45, 7) is 1.00. The molecule has 0 atom stereocenters. The molecule has 0 saturated heterocycles. The second kappa shape index (κ2) is 4.27. The number of hydrogen-bond donors (Lipinski definition) is 0. The van der Waals surface area contributed by atoms with Crippen LogP contribution in [0.5, 0.6) is 0 Å². The average molecular weight is 265 g/mol. The van der Waals surface area contributed by atoms with Crippen molar-refractivity contribution in [2.24, 2.45) is 4.52 Å². The standard InChI is InChI=1S/C8H6F3N3O2S/c1-5-6(8(9,10)11)3-2-4-7(5)17(15,16)14-13-12/h2-4H,1H3. The molecular weight excluding hydrogens is 259 g/mol. The molecule has 0 fully saturated rings. The van der Waals surface area contributed by atoms with Gasteiger partial charge in [-0.25, -0.2) is 8.42 Å². The predicted octanol–water partition coefficient (Wildman–Crippen LogP) is 3.01. The SMILES string of the molecule is Cc1c(C(F)(F)F)cccc1S(=O)(=O)N=[N+]=[N-]. The van der Waals surface area contributed by atoms with Gasteiger partial charge in [-0.15, -0.1) is 0 Å². The van der Waals surface area contributed by atoms with E-state index in [0.717, 1.165) is 25.1 Å². The molecule has 1 aromatic carbocycles. The molecule has 0 N–H and O–H groups in total. The highest BCUT2D eigenvalue weighted by Crippen LogP contribution is 2.34. The summed E-state index contributed by atoms with van der Waals surface area (Å²) in [5.74, 6) is 0. The highest BCUT2D eigenvalue weighted by molar-refractivity contribution is 7.90. The zero-order valence-electron chi connectivity index (χ0n) is 8.43. The Kier molecular flexibility index (Phi) is 3.35. The highest BCUT2D eigenvalue weighted by atomic mass is 32.2. The molecule has 9 heteroatoms. The minimum atomic E-state index is -4.66. The zero-order valence-corrected chi connectivity index (χ0v) is 9.25. The van der Waals surface area contributed by atoms with Crippen molar-refractivity contribution in [2.45, 2.75) is 18.0 Å². The highest BCUT2D eigenvalue weighted by Gasteiger charge is 2.34. The van der Waals surface area contributed by atoms with Crippen molar-refractivity contribution in [3.63, 3.8) is 0 Å². The number of halogens is 3. The lowest BCUT2D eigenvalue weighted by atomic mass is 10.1. The number of alkyl halides is 3. The number of hydrogen-bond acceptors (Lipinski definition) is 2. The van der Waals surface area contributed by atoms with Crippen LogP contribution in [0.2, 0.25) is 0 Å². The lowest BCUT2D eigenvalue weighted by molar-refractivity contribution is -0.138. The molecule has 92 valence electrons. The molecule has 1 aromatic rings. The van der Waals surface area contributed by atoms with E-state index in [1.54, 1.807) is 0 Å². The predicted molar refractivity (Wildman–Crippen MR) is 52.5 cm³/mol. The monoisotopic (exact) mass is 265 g/mol. The molecule has 0 bridgehead atoms. The Balaban J connectivity index is 3.55.